The van der Waals surface area contributed by atoms with Gasteiger partial charge in [-0.1, -0.05) is 17.7 Å². The molecule has 0 radical (unpaired) electrons. The Morgan fingerprint density at radius 3 is 2.10 bits per heavy atom. The van der Waals surface area contributed by atoms with Crippen LogP contribution in [0, 0.1) is 0 Å². The Bertz CT molecular complexity index is 582. The van der Waals surface area contributed by atoms with Crippen molar-refractivity contribution < 1.29 is 13.2 Å². The minimum atomic E-state index is -4.32. The van der Waals surface area contributed by atoms with Gasteiger partial charge in [0.05, 0.1) is 5.56 Å². The van der Waals surface area contributed by atoms with Crippen molar-refractivity contribution in [3.05, 3.63) is 59.1 Å². The number of nitrogens with one attached hydrogen (secondary N) is 2. The van der Waals surface area contributed by atoms with Crippen LogP contribution in [-0.4, -0.2) is 13.1 Å². The summed E-state index contributed by atoms with van der Waals surface area (Å²) in [5, 5.41) is 6.75. The highest BCUT2D eigenvalue weighted by atomic mass is 35.5. The predicted molar refractivity (Wildman–Crippen MR) is 79.9 cm³/mol. The van der Waals surface area contributed by atoms with Gasteiger partial charge in [-0.3, -0.25) is 0 Å². The Morgan fingerprint density at radius 1 is 0.857 bits per heavy atom. The average molecular weight is 315 g/mol. The van der Waals surface area contributed by atoms with Crippen LogP contribution in [0.25, 0.3) is 0 Å². The molecule has 0 amide bonds. The van der Waals surface area contributed by atoms with E-state index in [0.29, 0.717) is 23.8 Å². The van der Waals surface area contributed by atoms with E-state index in [0.717, 1.165) is 17.8 Å². The first kappa shape index (κ1) is 15.5. The second-order valence-corrected chi connectivity index (χ2v) is 4.88. The van der Waals surface area contributed by atoms with Crippen LogP contribution in [-0.2, 0) is 6.18 Å². The Balaban J connectivity index is 1.82. The number of alkyl halides is 3. The topological polar surface area (TPSA) is 24.1 Å². The number of halogens is 4. The molecule has 21 heavy (non-hydrogen) atoms. The van der Waals surface area contributed by atoms with Crippen LogP contribution >= 0.6 is 11.6 Å². The van der Waals surface area contributed by atoms with E-state index in [4.69, 9.17) is 11.6 Å². The van der Waals surface area contributed by atoms with Crippen LogP contribution < -0.4 is 10.6 Å². The lowest BCUT2D eigenvalue weighted by Gasteiger charge is -2.11. The van der Waals surface area contributed by atoms with E-state index in [1.807, 2.05) is 12.1 Å². The number of rotatable bonds is 5. The second-order valence-electron chi connectivity index (χ2n) is 4.44. The number of benzene rings is 2. The van der Waals surface area contributed by atoms with Gasteiger partial charge in [-0.15, -0.1) is 0 Å². The van der Waals surface area contributed by atoms with Crippen LogP contribution in [0.1, 0.15) is 5.56 Å². The molecule has 0 saturated carbocycles. The maximum atomic E-state index is 12.6. The van der Waals surface area contributed by atoms with Gasteiger partial charge in [-0.2, -0.15) is 13.2 Å². The molecule has 2 aromatic carbocycles. The first-order valence-corrected chi connectivity index (χ1v) is 6.73. The van der Waals surface area contributed by atoms with Gasteiger partial charge in [0, 0.05) is 29.5 Å². The van der Waals surface area contributed by atoms with Crippen molar-refractivity contribution in [2.45, 2.75) is 6.18 Å². The molecule has 6 heteroatoms. The summed E-state index contributed by atoms with van der Waals surface area (Å²) in [6.45, 7) is 1.09. The van der Waals surface area contributed by atoms with E-state index in [-0.39, 0.29) is 0 Å². The van der Waals surface area contributed by atoms with Crippen molar-refractivity contribution in [1.82, 2.24) is 0 Å². The molecule has 0 heterocycles. The quantitative estimate of drug-likeness (QED) is 0.768. The molecule has 0 fully saturated rings. The molecule has 0 aliphatic heterocycles. The monoisotopic (exact) mass is 314 g/mol. The molecule has 2 N–H and O–H groups in total. The third kappa shape index (κ3) is 4.86. The fourth-order valence-corrected chi connectivity index (χ4v) is 1.91. The SMILES string of the molecule is FC(F)(F)c1cccc(NCCNc2ccc(Cl)cc2)c1. The van der Waals surface area contributed by atoms with Gasteiger partial charge in [0.25, 0.3) is 0 Å². The first-order chi connectivity index (χ1) is 9.95. The van der Waals surface area contributed by atoms with Crippen LogP contribution in [0.2, 0.25) is 5.02 Å². The third-order valence-corrected chi connectivity index (χ3v) is 3.07. The van der Waals surface area contributed by atoms with Crippen molar-refractivity contribution in [2.75, 3.05) is 23.7 Å². The van der Waals surface area contributed by atoms with E-state index in [1.54, 1.807) is 18.2 Å². The molecule has 0 saturated heterocycles. The lowest BCUT2D eigenvalue weighted by atomic mass is 10.2. The van der Waals surface area contributed by atoms with Crippen molar-refractivity contribution in [1.29, 1.82) is 0 Å². The van der Waals surface area contributed by atoms with Crippen LogP contribution in [0.15, 0.2) is 48.5 Å². The second kappa shape index (κ2) is 6.72. The molecule has 0 aliphatic carbocycles. The largest absolute Gasteiger partial charge is 0.416 e. The highest BCUT2D eigenvalue weighted by Crippen LogP contribution is 2.30. The fraction of sp³-hybridized carbons (Fsp3) is 0.200. The van der Waals surface area contributed by atoms with E-state index < -0.39 is 11.7 Å². The normalized spacial score (nSPS) is 11.2. The lowest BCUT2D eigenvalue weighted by Crippen LogP contribution is -2.14. The standard InChI is InChI=1S/C15H14ClF3N2/c16-12-4-6-13(7-5-12)20-8-9-21-14-3-1-2-11(10-14)15(17,18)19/h1-7,10,20-21H,8-9H2. The molecule has 0 aliphatic rings. The molecular formula is C15H14ClF3N2. The van der Waals surface area contributed by atoms with Gasteiger partial charge in [0.1, 0.15) is 0 Å². The summed E-state index contributed by atoms with van der Waals surface area (Å²) in [6.07, 6.45) is -4.32. The first-order valence-electron chi connectivity index (χ1n) is 6.36. The smallest absolute Gasteiger partial charge is 0.383 e. The molecule has 2 rings (SSSR count). The predicted octanol–water partition coefficient (Wildman–Crippen LogP) is 4.88. The van der Waals surface area contributed by atoms with Crippen molar-refractivity contribution in [2.24, 2.45) is 0 Å². The maximum absolute atomic E-state index is 12.6. The van der Waals surface area contributed by atoms with Crippen molar-refractivity contribution >= 4 is 23.0 Å². The third-order valence-electron chi connectivity index (χ3n) is 2.82. The summed E-state index contributed by atoms with van der Waals surface area (Å²) in [7, 11) is 0. The van der Waals surface area contributed by atoms with E-state index in [2.05, 4.69) is 10.6 Å². The molecular weight excluding hydrogens is 301 g/mol. The Hall–Kier alpha value is -1.88. The molecule has 0 unspecified atom stereocenters. The van der Waals surface area contributed by atoms with Crippen LogP contribution in [0.3, 0.4) is 0 Å². The lowest BCUT2D eigenvalue weighted by molar-refractivity contribution is -0.137. The maximum Gasteiger partial charge on any atom is 0.416 e. The number of anilines is 2. The van der Waals surface area contributed by atoms with E-state index in [1.165, 1.54) is 6.07 Å². The van der Waals surface area contributed by atoms with Crippen molar-refractivity contribution in [3.8, 4) is 0 Å². The highest BCUT2D eigenvalue weighted by molar-refractivity contribution is 6.30. The number of hydrogen-bond donors (Lipinski definition) is 2. The fourth-order valence-electron chi connectivity index (χ4n) is 1.79. The minimum Gasteiger partial charge on any atom is -0.383 e. The van der Waals surface area contributed by atoms with E-state index in [9.17, 15) is 13.2 Å². The number of hydrogen-bond acceptors (Lipinski definition) is 2. The van der Waals surface area contributed by atoms with Gasteiger partial charge in [0.2, 0.25) is 0 Å². The molecule has 112 valence electrons. The molecule has 0 atom stereocenters. The summed E-state index contributed by atoms with van der Waals surface area (Å²) < 4.78 is 37.7. The summed E-state index contributed by atoms with van der Waals surface area (Å²) >= 11 is 5.77. The molecule has 0 bridgehead atoms. The zero-order valence-electron chi connectivity index (χ0n) is 11.0. The van der Waals surface area contributed by atoms with E-state index >= 15 is 0 Å². The van der Waals surface area contributed by atoms with Gasteiger partial charge in [0.15, 0.2) is 0 Å². The Labute approximate surface area is 125 Å². The summed E-state index contributed by atoms with van der Waals surface area (Å²) in [5.41, 5.74) is 0.700. The van der Waals surface area contributed by atoms with Gasteiger partial charge in [-0.25, -0.2) is 0 Å². The van der Waals surface area contributed by atoms with Gasteiger partial charge < -0.3 is 10.6 Å². The highest BCUT2D eigenvalue weighted by Gasteiger charge is 2.30. The molecule has 2 nitrogen and oxygen atoms in total. The van der Waals surface area contributed by atoms with Gasteiger partial charge >= 0.3 is 6.18 Å². The molecule has 0 spiro atoms. The summed E-state index contributed by atoms with van der Waals surface area (Å²) in [6, 6.07) is 12.4. The Kier molecular flexibility index (Phi) is 4.96. The summed E-state index contributed by atoms with van der Waals surface area (Å²) in [4.78, 5) is 0. The van der Waals surface area contributed by atoms with Gasteiger partial charge in [-0.05, 0) is 42.5 Å². The molecule has 0 aromatic heterocycles. The summed E-state index contributed by atoms with van der Waals surface area (Å²) in [5.74, 6) is 0. The average Bonchev–Trinajstić information content (AvgIpc) is 2.45. The minimum absolute atomic E-state index is 0.447. The van der Waals surface area contributed by atoms with Crippen LogP contribution in [0.4, 0.5) is 24.5 Å². The molecule has 2 aromatic rings. The van der Waals surface area contributed by atoms with Crippen molar-refractivity contribution in [3.63, 3.8) is 0 Å². The van der Waals surface area contributed by atoms with Crippen LogP contribution in [0.5, 0.6) is 0 Å². The zero-order valence-corrected chi connectivity index (χ0v) is 11.8. The Morgan fingerprint density at radius 2 is 1.48 bits per heavy atom. The zero-order chi connectivity index (χ0) is 15.3.